The maximum absolute atomic E-state index is 13.4. The molecule has 0 N–H and O–H groups in total. The third-order valence-electron chi connectivity index (χ3n) is 5.20. The Balaban J connectivity index is 1.68. The van der Waals surface area contributed by atoms with Crippen LogP contribution in [0, 0.1) is 0 Å². The molecular weight excluding hydrogens is 406 g/mol. The Morgan fingerprint density at radius 3 is 2.73 bits per heavy atom. The van der Waals surface area contributed by atoms with Gasteiger partial charge in [-0.3, -0.25) is 4.79 Å². The first kappa shape index (κ1) is 20.4. The van der Waals surface area contributed by atoms with Crippen molar-refractivity contribution >= 4 is 28.5 Å². The first-order chi connectivity index (χ1) is 14.5. The Morgan fingerprint density at radius 1 is 1.23 bits per heavy atom. The van der Waals surface area contributed by atoms with Gasteiger partial charge in [0, 0.05) is 30.1 Å². The molecule has 1 aliphatic rings. The number of halogens is 1. The first-order valence-corrected chi connectivity index (χ1v) is 10.2. The minimum atomic E-state index is -0.689. The van der Waals surface area contributed by atoms with Gasteiger partial charge >= 0.3 is 5.63 Å². The van der Waals surface area contributed by atoms with Crippen LogP contribution in [0.1, 0.15) is 28.8 Å². The van der Waals surface area contributed by atoms with E-state index in [1.165, 1.54) is 7.11 Å². The van der Waals surface area contributed by atoms with Gasteiger partial charge in [0.2, 0.25) is 0 Å². The van der Waals surface area contributed by atoms with Gasteiger partial charge in [-0.15, -0.1) is 0 Å². The lowest BCUT2D eigenvalue weighted by Gasteiger charge is -2.25. The molecule has 0 spiro atoms. The molecule has 4 rings (SSSR count). The van der Waals surface area contributed by atoms with Crippen molar-refractivity contribution in [3.8, 4) is 5.75 Å². The Labute approximate surface area is 179 Å². The van der Waals surface area contributed by atoms with Crippen LogP contribution >= 0.6 is 11.6 Å². The second kappa shape index (κ2) is 8.90. The third kappa shape index (κ3) is 4.35. The van der Waals surface area contributed by atoms with Crippen LogP contribution in [0.25, 0.3) is 11.0 Å². The molecule has 30 heavy (non-hydrogen) atoms. The van der Waals surface area contributed by atoms with Crippen LogP contribution in [-0.2, 0) is 11.3 Å². The predicted octanol–water partition coefficient (Wildman–Crippen LogP) is 4.28. The molecule has 2 aromatic carbocycles. The number of hydrogen-bond donors (Lipinski definition) is 0. The largest absolute Gasteiger partial charge is 0.493 e. The van der Waals surface area contributed by atoms with E-state index < -0.39 is 5.63 Å². The number of rotatable bonds is 6. The molecule has 1 unspecified atom stereocenters. The number of nitrogens with zero attached hydrogens (tertiary/aromatic N) is 1. The number of carbonyl (C=O) groups is 1. The van der Waals surface area contributed by atoms with E-state index in [9.17, 15) is 9.59 Å². The fraction of sp³-hybridized carbons (Fsp3) is 0.304. The fourth-order valence-corrected chi connectivity index (χ4v) is 3.79. The molecule has 0 saturated carbocycles. The summed E-state index contributed by atoms with van der Waals surface area (Å²) in [6, 6.07) is 14.1. The van der Waals surface area contributed by atoms with Gasteiger partial charge in [-0.05, 0) is 42.7 Å². The van der Waals surface area contributed by atoms with E-state index in [0.717, 1.165) is 18.4 Å². The number of para-hydroxylation sites is 1. The van der Waals surface area contributed by atoms with Crippen LogP contribution in [0.5, 0.6) is 5.75 Å². The van der Waals surface area contributed by atoms with Crippen LogP contribution in [0.3, 0.4) is 0 Å². The van der Waals surface area contributed by atoms with Crippen molar-refractivity contribution in [2.24, 2.45) is 0 Å². The summed E-state index contributed by atoms with van der Waals surface area (Å²) in [4.78, 5) is 27.7. The molecule has 0 aliphatic carbocycles. The Hall–Kier alpha value is -2.83. The number of ether oxygens (including phenoxy) is 2. The molecule has 0 bridgehead atoms. The van der Waals surface area contributed by atoms with Gasteiger partial charge in [-0.2, -0.15) is 0 Å². The van der Waals surface area contributed by atoms with Crippen LogP contribution in [0.15, 0.2) is 57.7 Å². The number of carbonyl (C=O) groups excluding carboxylic acids is 1. The average Bonchev–Trinajstić information content (AvgIpc) is 3.26. The van der Waals surface area contributed by atoms with Crippen LogP contribution < -0.4 is 10.4 Å². The summed E-state index contributed by atoms with van der Waals surface area (Å²) in [7, 11) is 1.50. The highest BCUT2D eigenvalue weighted by molar-refractivity contribution is 6.30. The molecule has 1 aromatic heterocycles. The quantitative estimate of drug-likeness (QED) is 0.549. The lowest BCUT2D eigenvalue weighted by Crippen LogP contribution is -2.38. The number of benzene rings is 2. The Morgan fingerprint density at radius 2 is 2.03 bits per heavy atom. The van der Waals surface area contributed by atoms with Crippen molar-refractivity contribution in [2.75, 3.05) is 20.3 Å². The maximum atomic E-state index is 13.4. The Bertz CT molecular complexity index is 1100. The van der Waals surface area contributed by atoms with E-state index in [1.807, 2.05) is 12.1 Å². The lowest BCUT2D eigenvalue weighted by atomic mass is 10.1. The normalized spacial score (nSPS) is 16.0. The molecule has 1 fully saturated rings. The molecule has 7 heteroatoms. The summed E-state index contributed by atoms with van der Waals surface area (Å²) in [5, 5.41) is 1.25. The molecule has 1 saturated heterocycles. The molecule has 156 valence electrons. The number of amides is 1. The zero-order chi connectivity index (χ0) is 21.1. The second-order valence-electron chi connectivity index (χ2n) is 7.27. The predicted molar refractivity (Wildman–Crippen MR) is 114 cm³/mol. The molecule has 2 heterocycles. The molecule has 1 aliphatic heterocycles. The minimum absolute atomic E-state index is 0.0114. The van der Waals surface area contributed by atoms with Crippen LogP contribution in [-0.4, -0.2) is 37.2 Å². The monoisotopic (exact) mass is 427 g/mol. The summed E-state index contributed by atoms with van der Waals surface area (Å²) in [6.07, 6.45) is 1.80. The van der Waals surface area contributed by atoms with Gasteiger partial charge in [0.25, 0.3) is 5.91 Å². The third-order valence-corrected chi connectivity index (χ3v) is 5.45. The maximum Gasteiger partial charge on any atom is 0.349 e. The number of fused-ring (bicyclic) bond motifs is 1. The Kier molecular flexibility index (Phi) is 6.06. The van der Waals surface area contributed by atoms with E-state index in [-0.39, 0.29) is 17.6 Å². The summed E-state index contributed by atoms with van der Waals surface area (Å²) in [5.41, 5.74) is 0.538. The highest BCUT2D eigenvalue weighted by Crippen LogP contribution is 2.25. The van der Waals surface area contributed by atoms with Crippen molar-refractivity contribution in [1.82, 2.24) is 4.90 Å². The van der Waals surface area contributed by atoms with Gasteiger partial charge in [-0.1, -0.05) is 35.9 Å². The van der Waals surface area contributed by atoms with E-state index in [2.05, 4.69) is 0 Å². The topological polar surface area (TPSA) is 69.0 Å². The first-order valence-electron chi connectivity index (χ1n) is 9.81. The van der Waals surface area contributed by atoms with Crippen LogP contribution in [0.4, 0.5) is 0 Å². The van der Waals surface area contributed by atoms with Crippen molar-refractivity contribution in [1.29, 1.82) is 0 Å². The molecule has 1 amide bonds. The fourth-order valence-electron chi connectivity index (χ4n) is 3.66. The van der Waals surface area contributed by atoms with Crippen molar-refractivity contribution in [3.05, 3.63) is 75.1 Å². The van der Waals surface area contributed by atoms with Crippen molar-refractivity contribution in [3.63, 3.8) is 0 Å². The summed E-state index contributed by atoms with van der Waals surface area (Å²) in [5.74, 6) is 0.0555. The van der Waals surface area contributed by atoms with Gasteiger partial charge in [0.15, 0.2) is 11.3 Å². The van der Waals surface area contributed by atoms with E-state index in [1.54, 1.807) is 41.3 Å². The lowest BCUT2D eigenvalue weighted by molar-refractivity contribution is 0.0504. The summed E-state index contributed by atoms with van der Waals surface area (Å²) in [6.45, 7) is 1.42. The van der Waals surface area contributed by atoms with Gasteiger partial charge in [-0.25, -0.2) is 4.79 Å². The smallest absolute Gasteiger partial charge is 0.349 e. The molecule has 3 aromatic rings. The second-order valence-corrected chi connectivity index (χ2v) is 7.71. The summed E-state index contributed by atoms with van der Waals surface area (Å²) >= 11 is 5.98. The van der Waals surface area contributed by atoms with Gasteiger partial charge in [0.05, 0.1) is 13.2 Å². The molecular formula is C23H22ClNO5. The van der Waals surface area contributed by atoms with E-state index in [0.29, 0.717) is 41.4 Å². The molecule has 0 radical (unpaired) electrons. The number of methoxy groups -OCH3 is 1. The minimum Gasteiger partial charge on any atom is -0.493 e. The zero-order valence-electron chi connectivity index (χ0n) is 16.6. The highest BCUT2D eigenvalue weighted by Gasteiger charge is 2.26. The SMILES string of the molecule is COc1cccc2cc(C(=O)N(Cc3ccc(Cl)cc3)CC3CCCO3)c(=O)oc12. The standard InChI is InChI=1S/C23H22ClNO5/c1-28-20-6-2-4-16-12-19(23(27)30-21(16)20)22(26)25(14-18-5-3-11-29-18)13-15-7-9-17(24)10-8-15/h2,4,6-10,12,18H,3,5,11,13-14H2,1H3. The molecule has 1 atom stereocenters. The molecule has 6 nitrogen and oxygen atoms in total. The summed E-state index contributed by atoms with van der Waals surface area (Å²) < 4.78 is 16.4. The van der Waals surface area contributed by atoms with Crippen molar-refractivity contribution < 1.29 is 18.7 Å². The zero-order valence-corrected chi connectivity index (χ0v) is 17.4. The van der Waals surface area contributed by atoms with Crippen molar-refractivity contribution in [2.45, 2.75) is 25.5 Å². The van der Waals surface area contributed by atoms with E-state index >= 15 is 0 Å². The van der Waals surface area contributed by atoms with Crippen LogP contribution in [0.2, 0.25) is 5.02 Å². The average molecular weight is 428 g/mol. The van der Waals surface area contributed by atoms with Gasteiger partial charge < -0.3 is 18.8 Å². The van der Waals surface area contributed by atoms with E-state index in [4.69, 9.17) is 25.5 Å². The van der Waals surface area contributed by atoms with Gasteiger partial charge in [0.1, 0.15) is 5.56 Å². The number of hydrogen-bond acceptors (Lipinski definition) is 5. The highest BCUT2D eigenvalue weighted by atomic mass is 35.5.